The summed E-state index contributed by atoms with van der Waals surface area (Å²) in [5.41, 5.74) is 0.104. The van der Waals surface area contributed by atoms with Gasteiger partial charge < -0.3 is 10.0 Å². The van der Waals surface area contributed by atoms with Gasteiger partial charge in [0.2, 0.25) is 5.91 Å². The number of carbonyl (C=O) groups excluding carboxylic acids is 1. The van der Waals surface area contributed by atoms with Crippen molar-refractivity contribution >= 4 is 11.9 Å². The third kappa shape index (κ3) is 3.80. The smallest absolute Gasteiger partial charge is 0.323 e. The Kier molecular flexibility index (Phi) is 4.76. The molecule has 0 aromatic heterocycles. The summed E-state index contributed by atoms with van der Waals surface area (Å²) in [6.45, 7) is -0.412. The Morgan fingerprint density at radius 3 is 2.61 bits per heavy atom. The maximum absolute atomic E-state index is 13.3. The van der Waals surface area contributed by atoms with Crippen LogP contribution in [0, 0.1) is 11.6 Å². The number of likely N-dealkylation sites (N-methyl/N-ethyl adjacent to an activating group) is 1. The summed E-state index contributed by atoms with van der Waals surface area (Å²) >= 11 is 0. The third-order valence-corrected chi connectivity index (χ3v) is 2.44. The first-order chi connectivity index (χ1) is 8.41. The number of hydrogen-bond donors (Lipinski definition) is 1. The number of halogens is 2. The molecule has 6 heteroatoms. The molecule has 0 spiro atoms. The van der Waals surface area contributed by atoms with Gasteiger partial charge in [0.15, 0.2) is 11.6 Å². The molecule has 98 valence electrons. The highest BCUT2D eigenvalue weighted by Crippen LogP contribution is 2.13. The Bertz CT molecular complexity index is 463. The summed E-state index contributed by atoms with van der Waals surface area (Å²) in [7, 11) is 1.35. The largest absolute Gasteiger partial charge is 0.480 e. The molecule has 0 unspecified atom stereocenters. The fraction of sp³-hybridized carbons (Fsp3) is 0.333. The summed E-state index contributed by atoms with van der Waals surface area (Å²) in [6, 6.07) is 3.75. The maximum Gasteiger partial charge on any atom is 0.323 e. The number of hydrogen-bond acceptors (Lipinski definition) is 2. The maximum atomic E-state index is 13.3. The second kappa shape index (κ2) is 6.09. The number of nitrogens with zero attached hydrogens (tertiary/aromatic N) is 1. The molecular weight excluding hydrogens is 244 g/mol. The zero-order chi connectivity index (χ0) is 13.7. The summed E-state index contributed by atoms with van der Waals surface area (Å²) in [5.74, 6) is -3.48. The number of carboxylic acids is 1. The SMILES string of the molecule is CN(CC(=O)O)C(=O)CCc1cccc(F)c1F. The first-order valence-corrected chi connectivity index (χ1v) is 5.30. The number of aliphatic carboxylic acids is 1. The summed E-state index contributed by atoms with van der Waals surface area (Å²) in [4.78, 5) is 22.9. The van der Waals surface area contributed by atoms with E-state index in [0.29, 0.717) is 0 Å². The Balaban J connectivity index is 2.57. The van der Waals surface area contributed by atoms with Gasteiger partial charge >= 0.3 is 5.97 Å². The number of carbonyl (C=O) groups is 2. The molecule has 0 aliphatic carbocycles. The van der Waals surface area contributed by atoms with Crippen molar-refractivity contribution in [3.05, 3.63) is 35.4 Å². The normalized spacial score (nSPS) is 10.2. The monoisotopic (exact) mass is 257 g/mol. The first kappa shape index (κ1) is 14.1. The standard InChI is InChI=1S/C12H13F2NO3/c1-15(7-11(17)18)10(16)6-5-8-3-2-4-9(13)12(8)14/h2-4H,5-7H2,1H3,(H,17,18). The minimum atomic E-state index is -1.12. The molecule has 0 atom stereocenters. The molecule has 0 saturated heterocycles. The Hall–Kier alpha value is -1.98. The van der Waals surface area contributed by atoms with Crippen molar-refractivity contribution in [2.75, 3.05) is 13.6 Å². The van der Waals surface area contributed by atoms with Crippen molar-refractivity contribution in [3.8, 4) is 0 Å². The van der Waals surface area contributed by atoms with E-state index in [4.69, 9.17) is 5.11 Å². The van der Waals surface area contributed by atoms with Crippen LogP contribution in [0.1, 0.15) is 12.0 Å². The van der Waals surface area contributed by atoms with Crippen molar-refractivity contribution in [2.45, 2.75) is 12.8 Å². The average Bonchev–Trinajstić information content (AvgIpc) is 2.29. The van der Waals surface area contributed by atoms with E-state index in [1.165, 1.54) is 19.2 Å². The second-order valence-electron chi connectivity index (χ2n) is 3.86. The van der Waals surface area contributed by atoms with Crippen LogP contribution in [0.15, 0.2) is 18.2 Å². The summed E-state index contributed by atoms with van der Waals surface area (Å²) in [5, 5.41) is 8.50. The molecule has 1 aromatic carbocycles. The lowest BCUT2D eigenvalue weighted by Gasteiger charge is -2.14. The fourth-order valence-electron chi connectivity index (χ4n) is 1.47. The predicted molar refractivity (Wildman–Crippen MR) is 60.0 cm³/mol. The van der Waals surface area contributed by atoms with Gasteiger partial charge in [-0.1, -0.05) is 12.1 Å². The zero-order valence-corrected chi connectivity index (χ0v) is 9.82. The van der Waals surface area contributed by atoms with Crippen LogP contribution in [0.2, 0.25) is 0 Å². The molecule has 1 rings (SSSR count). The van der Waals surface area contributed by atoms with Gasteiger partial charge in [0.1, 0.15) is 6.54 Å². The van der Waals surface area contributed by atoms with Crippen LogP contribution < -0.4 is 0 Å². The van der Waals surface area contributed by atoms with Gasteiger partial charge in [0.05, 0.1) is 0 Å². The number of benzene rings is 1. The predicted octanol–water partition coefficient (Wildman–Crippen LogP) is 1.44. The lowest BCUT2D eigenvalue weighted by molar-refractivity contribution is -0.143. The van der Waals surface area contributed by atoms with Crippen LogP contribution in [0.5, 0.6) is 0 Å². The van der Waals surface area contributed by atoms with E-state index in [0.717, 1.165) is 11.0 Å². The van der Waals surface area contributed by atoms with E-state index in [2.05, 4.69) is 0 Å². The van der Waals surface area contributed by atoms with Crippen molar-refractivity contribution in [1.82, 2.24) is 4.90 Å². The van der Waals surface area contributed by atoms with E-state index in [1.54, 1.807) is 0 Å². The minimum Gasteiger partial charge on any atom is -0.480 e. The van der Waals surface area contributed by atoms with Crippen LogP contribution in [0.3, 0.4) is 0 Å². The molecule has 0 saturated carbocycles. The van der Waals surface area contributed by atoms with Crippen LogP contribution in [0.4, 0.5) is 8.78 Å². The Morgan fingerprint density at radius 1 is 1.33 bits per heavy atom. The topological polar surface area (TPSA) is 57.6 Å². The summed E-state index contributed by atoms with van der Waals surface area (Å²) < 4.78 is 26.2. The van der Waals surface area contributed by atoms with Crippen molar-refractivity contribution in [1.29, 1.82) is 0 Å². The molecule has 1 aromatic rings. The van der Waals surface area contributed by atoms with Gasteiger partial charge in [0.25, 0.3) is 0 Å². The van der Waals surface area contributed by atoms with Crippen molar-refractivity contribution in [3.63, 3.8) is 0 Å². The molecule has 0 heterocycles. The zero-order valence-electron chi connectivity index (χ0n) is 9.82. The third-order valence-electron chi connectivity index (χ3n) is 2.44. The van der Waals surface area contributed by atoms with Crippen LogP contribution in [-0.4, -0.2) is 35.5 Å². The van der Waals surface area contributed by atoms with Crippen LogP contribution in [-0.2, 0) is 16.0 Å². The highest BCUT2D eigenvalue weighted by atomic mass is 19.2. The van der Waals surface area contributed by atoms with E-state index < -0.39 is 30.1 Å². The number of rotatable bonds is 5. The first-order valence-electron chi connectivity index (χ1n) is 5.30. The average molecular weight is 257 g/mol. The highest BCUT2D eigenvalue weighted by molar-refractivity contribution is 5.81. The minimum absolute atomic E-state index is 0.0341. The van der Waals surface area contributed by atoms with E-state index in [-0.39, 0.29) is 18.4 Å². The molecule has 4 nitrogen and oxygen atoms in total. The van der Waals surface area contributed by atoms with Gasteiger partial charge in [-0.2, -0.15) is 0 Å². The van der Waals surface area contributed by atoms with Gasteiger partial charge in [-0.25, -0.2) is 8.78 Å². The molecule has 1 amide bonds. The van der Waals surface area contributed by atoms with Crippen molar-refractivity contribution < 1.29 is 23.5 Å². The van der Waals surface area contributed by atoms with Gasteiger partial charge in [0, 0.05) is 13.5 Å². The van der Waals surface area contributed by atoms with Crippen LogP contribution >= 0.6 is 0 Å². The molecule has 1 N–H and O–H groups in total. The second-order valence-corrected chi connectivity index (χ2v) is 3.86. The Morgan fingerprint density at radius 2 is 2.00 bits per heavy atom. The lowest BCUT2D eigenvalue weighted by Crippen LogP contribution is -2.32. The van der Waals surface area contributed by atoms with E-state index in [1.807, 2.05) is 0 Å². The Labute approximate surface area is 103 Å². The van der Waals surface area contributed by atoms with Crippen LogP contribution in [0.25, 0.3) is 0 Å². The highest BCUT2D eigenvalue weighted by Gasteiger charge is 2.14. The van der Waals surface area contributed by atoms with Gasteiger partial charge in [-0.15, -0.1) is 0 Å². The number of carboxylic acid groups (broad SMARTS) is 1. The molecular formula is C12H13F2NO3. The molecule has 0 fully saturated rings. The number of aryl methyl sites for hydroxylation is 1. The van der Waals surface area contributed by atoms with E-state index >= 15 is 0 Å². The lowest BCUT2D eigenvalue weighted by atomic mass is 10.1. The number of amides is 1. The van der Waals surface area contributed by atoms with Crippen molar-refractivity contribution in [2.24, 2.45) is 0 Å². The molecule has 0 radical (unpaired) electrons. The molecule has 0 aliphatic rings. The summed E-state index contributed by atoms with van der Waals surface area (Å²) in [6.07, 6.45) is -0.0312. The quantitative estimate of drug-likeness (QED) is 0.868. The van der Waals surface area contributed by atoms with E-state index in [9.17, 15) is 18.4 Å². The molecule has 0 aliphatic heterocycles. The molecule has 0 bridgehead atoms. The van der Waals surface area contributed by atoms with Gasteiger partial charge in [-0.3, -0.25) is 9.59 Å². The fourth-order valence-corrected chi connectivity index (χ4v) is 1.47. The van der Waals surface area contributed by atoms with Gasteiger partial charge in [-0.05, 0) is 18.1 Å². The molecule has 18 heavy (non-hydrogen) atoms.